The number of aromatic nitrogens is 2. The molecule has 4 nitrogen and oxygen atoms in total. The maximum absolute atomic E-state index is 13.6. The van der Waals surface area contributed by atoms with Gasteiger partial charge in [0.15, 0.2) is 0 Å². The summed E-state index contributed by atoms with van der Waals surface area (Å²) in [6.07, 6.45) is 2.96. The van der Waals surface area contributed by atoms with Crippen LogP contribution in [0.3, 0.4) is 0 Å². The van der Waals surface area contributed by atoms with Crippen LogP contribution in [0.4, 0.5) is 4.39 Å². The van der Waals surface area contributed by atoms with Gasteiger partial charge in [-0.05, 0) is 12.1 Å². The molecule has 82 valence electrons. The lowest BCUT2D eigenvalue weighted by molar-refractivity contribution is 0.585. The topological polar surface area (TPSA) is 65.4 Å². The highest BCUT2D eigenvalue weighted by atomic mass is 19.1. The zero-order valence-electron chi connectivity index (χ0n) is 8.76. The average molecular weight is 226 g/mol. The van der Waals surface area contributed by atoms with Crippen molar-refractivity contribution in [3.05, 3.63) is 53.1 Å². The first-order chi connectivity index (χ1) is 8.22. The van der Waals surface area contributed by atoms with E-state index in [1.54, 1.807) is 12.1 Å². The Hall–Kier alpha value is -2.66. The zero-order chi connectivity index (χ0) is 12.3. The van der Waals surface area contributed by atoms with Crippen LogP contribution < -0.4 is 0 Å². The lowest BCUT2D eigenvalue weighted by Gasteiger charge is -2.03. The maximum atomic E-state index is 13.6. The highest BCUT2D eigenvalue weighted by Gasteiger charge is 2.05. The van der Waals surface area contributed by atoms with Crippen molar-refractivity contribution in [3.8, 4) is 12.1 Å². The molecule has 17 heavy (non-hydrogen) atoms. The van der Waals surface area contributed by atoms with E-state index in [9.17, 15) is 4.39 Å². The molecule has 0 radical (unpaired) electrons. The maximum Gasteiger partial charge on any atom is 0.129 e. The summed E-state index contributed by atoms with van der Waals surface area (Å²) in [5, 5.41) is 21.2. The molecule has 0 saturated heterocycles. The van der Waals surface area contributed by atoms with Gasteiger partial charge in [0, 0.05) is 11.8 Å². The van der Waals surface area contributed by atoms with Crippen LogP contribution in [0.25, 0.3) is 0 Å². The van der Waals surface area contributed by atoms with E-state index in [0.29, 0.717) is 11.1 Å². The number of benzene rings is 1. The number of nitriles is 2. The molecular formula is C12H7FN4. The number of nitrogens with zero attached hydrogens (tertiary/aromatic N) is 4. The Kier molecular flexibility index (Phi) is 2.85. The van der Waals surface area contributed by atoms with Gasteiger partial charge in [0.2, 0.25) is 0 Å². The van der Waals surface area contributed by atoms with Gasteiger partial charge < -0.3 is 0 Å². The van der Waals surface area contributed by atoms with Crippen LogP contribution in [-0.2, 0) is 6.54 Å². The largest absolute Gasteiger partial charge is 0.267 e. The summed E-state index contributed by atoms with van der Waals surface area (Å²) in [7, 11) is 0. The molecule has 0 N–H and O–H groups in total. The average Bonchev–Trinajstić information content (AvgIpc) is 2.79. The van der Waals surface area contributed by atoms with Crippen LogP contribution in [-0.4, -0.2) is 9.78 Å². The van der Waals surface area contributed by atoms with E-state index in [1.807, 2.05) is 12.1 Å². The van der Waals surface area contributed by atoms with Gasteiger partial charge in [-0.2, -0.15) is 15.6 Å². The third-order valence-electron chi connectivity index (χ3n) is 2.28. The van der Waals surface area contributed by atoms with Gasteiger partial charge in [-0.1, -0.05) is 6.07 Å². The summed E-state index contributed by atoms with van der Waals surface area (Å²) in [6, 6.07) is 8.09. The molecule has 2 aromatic rings. The second-order valence-corrected chi connectivity index (χ2v) is 3.46. The molecule has 0 spiro atoms. The zero-order valence-corrected chi connectivity index (χ0v) is 8.76. The Labute approximate surface area is 97.1 Å². The van der Waals surface area contributed by atoms with Crippen molar-refractivity contribution < 1.29 is 4.39 Å². The van der Waals surface area contributed by atoms with E-state index in [1.165, 1.54) is 23.1 Å². The molecule has 0 fully saturated rings. The standard InChI is InChI=1S/C12H7FN4/c13-12-3-9(4-14)1-2-11(12)8-17-7-10(5-15)6-16-17/h1-3,6-7H,8H2. The molecular weight excluding hydrogens is 219 g/mol. The summed E-state index contributed by atoms with van der Waals surface area (Å²) in [6.45, 7) is 0.235. The Morgan fingerprint density at radius 3 is 2.59 bits per heavy atom. The Morgan fingerprint density at radius 2 is 2.00 bits per heavy atom. The quantitative estimate of drug-likeness (QED) is 0.784. The second-order valence-electron chi connectivity index (χ2n) is 3.46. The third-order valence-corrected chi connectivity index (χ3v) is 2.28. The van der Waals surface area contributed by atoms with E-state index >= 15 is 0 Å². The van der Waals surface area contributed by atoms with Crippen LogP contribution in [0, 0.1) is 28.5 Å². The minimum Gasteiger partial charge on any atom is -0.267 e. The predicted molar refractivity (Wildman–Crippen MR) is 57.2 cm³/mol. The predicted octanol–water partition coefficient (Wildman–Crippen LogP) is 1.81. The first-order valence-corrected chi connectivity index (χ1v) is 4.84. The molecule has 0 bridgehead atoms. The molecule has 0 aliphatic carbocycles. The first kappa shape index (κ1) is 10.8. The summed E-state index contributed by atoms with van der Waals surface area (Å²) in [4.78, 5) is 0. The summed E-state index contributed by atoms with van der Waals surface area (Å²) >= 11 is 0. The fraction of sp³-hybridized carbons (Fsp3) is 0.0833. The number of hydrogen-bond acceptors (Lipinski definition) is 3. The Morgan fingerprint density at radius 1 is 1.24 bits per heavy atom. The minimum absolute atomic E-state index is 0.235. The molecule has 2 rings (SSSR count). The van der Waals surface area contributed by atoms with Crippen molar-refractivity contribution in [1.29, 1.82) is 10.5 Å². The molecule has 1 aromatic heterocycles. The van der Waals surface area contributed by atoms with Crippen molar-refractivity contribution in [1.82, 2.24) is 9.78 Å². The first-order valence-electron chi connectivity index (χ1n) is 4.84. The van der Waals surface area contributed by atoms with E-state index in [-0.39, 0.29) is 12.1 Å². The normalized spacial score (nSPS) is 9.59. The molecule has 0 aliphatic rings. The van der Waals surface area contributed by atoms with Crippen LogP contribution in [0.5, 0.6) is 0 Å². The highest BCUT2D eigenvalue weighted by Crippen LogP contribution is 2.11. The molecule has 0 atom stereocenters. The lowest BCUT2D eigenvalue weighted by atomic mass is 10.1. The van der Waals surface area contributed by atoms with Gasteiger partial charge in [0.05, 0.1) is 29.9 Å². The van der Waals surface area contributed by atoms with Crippen molar-refractivity contribution in [3.63, 3.8) is 0 Å². The lowest BCUT2D eigenvalue weighted by Crippen LogP contribution is -2.02. The van der Waals surface area contributed by atoms with Crippen LogP contribution in [0.1, 0.15) is 16.7 Å². The summed E-state index contributed by atoms with van der Waals surface area (Å²) in [5.74, 6) is -0.446. The number of hydrogen-bond donors (Lipinski definition) is 0. The summed E-state index contributed by atoms with van der Waals surface area (Å²) < 4.78 is 15.0. The number of rotatable bonds is 2. The fourth-order valence-electron chi connectivity index (χ4n) is 1.43. The molecule has 0 aliphatic heterocycles. The van der Waals surface area contributed by atoms with Gasteiger partial charge in [0.1, 0.15) is 11.9 Å². The second kappa shape index (κ2) is 4.46. The van der Waals surface area contributed by atoms with Crippen LogP contribution >= 0.6 is 0 Å². The van der Waals surface area contributed by atoms with E-state index in [4.69, 9.17) is 10.5 Å². The highest BCUT2D eigenvalue weighted by molar-refractivity contribution is 5.33. The van der Waals surface area contributed by atoms with E-state index in [0.717, 1.165) is 0 Å². The van der Waals surface area contributed by atoms with Crippen LogP contribution in [0.15, 0.2) is 30.6 Å². The van der Waals surface area contributed by atoms with Gasteiger partial charge in [-0.25, -0.2) is 4.39 Å². The minimum atomic E-state index is -0.446. The molecule has 0 saturated carbocycles. The monoisotopic (exact) mass is 226 g/mol. The molecule has 1 heterocycles. The van der Waals surface area contributed by atoms with E-state index in [2.05, 4.69) is 5.10 Å². The fourth-order valence-corrected chi connectivity index (χ4v) is 1.43. The Balaban J connectivity index is 2.25. The smallest absolute Gasteiger partial charge is 0.129 e. The third kappa shape index (κ3) is 2.30. The van der Waals surface area contributed by atoms with Gasteiger partial charge in [0.25, 0.3) is 0 Å². The number of halogens is 1. The van der Waals surface area contributed by atoms with Crippen molar-refractivity contribution in [2.75, 3.05) is 0 Å². The van der Waals surface area contributed by atoms with Gasteiger partial charge in [-0.3, -0.25) is 4.68 Å². The molecule has 5 heteroatoms. The molecule has 0 unspecified atom stereocenters. The van der Waals surface area contributed by atoms with Crippen LogP contribution in [0.2, 0.25) is 0 Å². The van der Waals surface area contributed by atoms with Crippen molar-refractivity contribution in [2.24, 2.45) is 0 Å². The molecule has 1 aromatic carbocycles. The van der Waals surface area contributed by atoms with Crippen molar-refractivity contribution >= 4 is 0 Å². The Bertz CT molecular complexity index is 631. The van der Waals surface area contributed by atoms with E-state index < -0.39 is 5.82 Å². The molecule has 0 amide bonds. The SMILES string of the molecule is N#Cc1ccc(Cn2cc(C#N)cn2)c(F)c1. The van der Waals surface area contributed by atoms with Crippen molar-refractivity contribution in [2.45, 2.75) is 6.54 Å². The van der Waals surface area contributed by atoms with Gasteiger partial charge >= 0.3 is 0 Å². The summed E-state index contributed by atoms with van der Waals surface area (Å²) in [5.41, 5.74) is 1.14. The van der Waals surface area contributed by atoms with Gasteiger partial charge in [-0.15, -0.1) is 0 Å².